The van der Waals surface area contributed by atoms with Crippen LogP contribution in [0.2, 0.25) is 0 Å². The van der Waals surface area contributed by atoms with E-state index in [2.05, 4.69) is 5.09 Å². The van der Waals surface area contributed by atoms with Gasteiger partial charge in [-0.1, -0.05) is 0 Å². The number of hydrogen-bond acceptors (Lipinski definition) is 5. The van der Waals surface area contributed by atoms with E-state index in [0.717, 1.165) is 11.1 Å². The van der Waals surface area contributed by atoms with Crippen molar-refractivity contribution in [2.45, 2.75) is 26.0 Å². The summed E-state index contributed by atoms with van der Waals surface area (Å²) >= 11 is 0. The van der Waals surface area contributed by atoms with Crippen molar-refractivity contribution < 1.29 is 18.1 Å². The molecule has 25 heavy (non-hydrogen) atoms. The molecule has 5 nitrogen and oxygen atoms in total. The molecular weight excluding hydrogens is 337 g/mol. The molecule has 0 amide bonds. The molecular formula is C19H22NO4P. The summed E-state index contributed by atoms with van der Waals surface area (Å²) in [5, 5.41) is 3.34. The Morgan fingerprint density at radius 2 is 1.32 bits per heavy atom. The molecule has 2 aromatic carbocycles. The zero-order valence-electron chi connectivity index (χ0n) is 14.5. The van der Waals surface area contributed by atoms with Gasteiger partial charge in [0, 0.05) is 0 Å². The average Bonchev–Trinajstić information content (AvgIpc) is 3.12. The van der Waals surface area contributed by atoms with E-state index in [1.165, 1.54) is 0 Å². The Balaban J connectivity index is 1.85. The van der Waals surface area contributed by atoms with Crippen LogP contribution in [0.25, 0.3) is 11.5 Å². The summed E-state index contributed by atoms with van der Waals surface area (Å²) in [6.45, 7) is 4.01. The van der Waals surface area contributed by atoms with Crippen LogP contribution in [0.4, 0.5) is 0 Å². The number of hydrogen-bond donors (Lipinski definition) is 1. The fourth-order valence-electron chi connectivity index (χ4n) is 3.08. The topological polar surface area (TPSA) is 49.0 Å². The SMILES string of the molecule is COP12(NC(C)C(C)O1)OC(c1ccccc1)=C(c1ccccc1)O2. The van der Waals surface area contributed by atoms with Gasteiger partial charge in [0.1, 0.15) is 0 Å². The van der Waals surface area contributed by atoms with Crippen LogP contribution < -0.4 is 5.09 Å². The fourth-order valence-corrected chi connectivity index (χ4v) is 6.34. The second-order valence-electron chi connectivity index (χ2n) is 6.30. The van der Waals surface area contributed by atoms with Crippen LogP contribution in [0.3, 0.4) is 0 Å². The predicted molar refractivity (Wildman–Crippen MR) is 98.9 cm³/mol. The normalized spacial score (nSPS) is 28.2. The van der Waals surface area contributed by atoms with Crippen molar-refractivity contribution >= 4 is 19.2 Å². The Morgan fingerprint density at radius 1 is 0.840 bits per heavy atom. The van der Waals surface area contributed by atoms with Crippen LogP contribution in [-0.4, -0.2) is 19.3 Å². The van der Waals surface area contributed by atoms with Gasteiger partial charge in [-0.15, -0.1) is 0 Å². The molecule has 6 heteroatoms. The number of nitrogens with one attached hydrogen (secondary N) is 1. The minimum absolute atomic E-state index is 0.0461. The van der Waals surface area contributed by atoms with Crippen LogP contribution in [0.15, 0.2) is 60.7 Å². The van der Waals surface area contributed by atoms with Gasteiger partial charge in [0.15, 0.2) is 0 Å². The molecule has 1 fully saturated rings. The third kappa shape index (κ3) is 2.64. The summed E-state index contributed by atoms with van der Waals surface area (Å²) in [5.41, 5.74) is 1.83. The maximum atomic E-state index is 6.37. The Hall–Kier alpha value is -1.91. The third-order valence-electron chi connectivity index (χ3n) is 4.56. The average molecular weight is 359 g/mol. The maximum absolute atomic E-state index is 6.37. The predicted octanol–water partition coefficient (Wildman–Crippen LogP) is 4.73. The Labute approximate surface area is 147 Å². The number of rotatable bonds is 3. The molecule has 2 aliphatic rings. The van der Waals surface area contributed by atoms with Gasteiger partial charge in [-0.2, -0.15) is 0 Å². The van der Waals surface area contributed by atoms with Gasteiger partial charge in [-0.3, -0.25) is 0 Å². The van der Waals surface area contributed by atoms with Crippen molar-refractivity contribution in [3.05, 3.63) is 71.8 Å². The molecule has 2 atom stereocenters. The standard InChI is InChI=1S/C19H22NO4P/c1-14-15(2)22-25(20-14,21-3)23-18(16-10-6-4-7-11-16)19(24-25)17-12-8-5-9-13-17/h4-15,20H,1-3H3. The van der Waals surface area contributed by atoms with Crippen LogP contribution in [0, 0.1) is 0 Å². The van der Waals surface area contributed by atoms with Gasteiger partial charge in [0.05, 0.1) is 0 Å². The Morgan fingerprint density at radius 3 is 1.68 bits per heavy atom. The van der Waals surface area contributed by atoms with Gasteiger partial charge < -0.3 is 0 Å². The summed E-state index contributed by atoms with van der Waals surface area (Å²) in [5.74, 6) is 1.25. The second kappa shape index (κ2) is 5.82. The first-order valence-electron chi connectivity index (χ1n) is 8.35. The molecule has 0 radical (unpaired) electrons. The van der Waals surface area contributed by atoms with Crippen molar-refractivity contribution in [1.82, 2.24) is 5.09 Å². The van der Waals surface area contributed by atoms with E-state index in [0.29, 0.717) is 11.5 Å². The molecule has 0 saturated carbocycles. The molecule has 1 saturated heterocycles. The first kappa shape index (κ1) is 16.6. The van der Waals surface area contributed by atoms with Crippen molar-refractivity contribution in [2.24, 2.45) is 0 Å². The van der Waals surface area contributed by atoms with Crippen molar-refractivity contribution in [3.8, 4) is 0 Å². The zero-order valence-corrected chi connectivity index (χ0v) is 15.4. The summed E-state index contributed by atoms with van der Waals surface area (Å²) in [7, 11) is -2.36. The summed E-state index contributed by atoms with van der Waals surface area (Å²) in [6, 6.07) is 19.8. The summed E-state index contributed by atoms with van der Waals surface area (Å²) in [6.07, 6.45) is -0.0928. The Kier molecular flexibility index (Phi) is 3.85. The van der Waals surface area contributed by atoms with Crippen LogP contribution in [-0.2, 0) is 18.1 Å². The van der Waals surface area contributed by atoms with E-state index in [4.69, 9.17) is 18.1 Å². The molecule has 4 rings (SSSR count). The monoisotopic (exact) mass is 359 g/mol. The van der Waals surface area contributed by atoms with Gasteiger partial charge in [0.2, 0.25) is 0 Å². The summed E-state index contributed by atoms with van der Waals surface area (Å²) in [4.78, 5) is 0. The molecule has 132 valence electrons. The zero-order chi connectivity index (χ0) is 17.5. The van der Waals surface area contributed by atoms with Gasteiger partial charge in [-0.05, 0) is 0 Å². The van der Waals surface area contributed by atoms with E-state index in [-0.39, 0.29) is 12.1 Å². The van der Waals surface area contributed by atoms with Crippen molar-refractivity contribution in [2.75, 3.05) is 7.11 Å². The van der Waals surface area contributed by atoms with Crippen LogP contribution in [0.1, 0.15) is 25.0 Å². The van der Waals surface area contributed by atoms with Gasteiger partial charge in [-0.25, -0.2) is 0 Å². The van der Waals surface area contributed by atoms with Gasteiger partial charge in [0.25, 0.3) is 0 Å². The Bertz CT molecular complexity index is 743. The molecule has 0 aromatic heterocycles. The molecule has 2 aromatic rings. The second-order valence-corrected chi connectivity index (χ2v) is 9.12. The summed E-state index contributed by atoms with van der Waals surface area (Å²) < 4.78 is 24.7. The van der Waals surface area contributed by atoms with E-state index in [9.17, 15) is 0 Å². The quantitative estimate of drug-likeness (QED) is 0.803. The van der Waals surface area contributed by atoms with E-state index < -0.39 is 7.66 Å². The van der Waals surface area contributed by atoms with Crippen LogP contribution in [0.5, 0.6) is 0 Å². The third-order valence-corrected chi connectivity index (χ3v) is 7.71. The van der Waals surface area contributed by atoms with E-state index >= 15 is 0 Å². The fraction of sp³-hybridized carbons (Fsp3) is 0.263. The van der Waals surface area contributed by atoms with Gasteiger partial charge >= 0.3 is 147 Å². The molecule has 2 unspecified atom stereocenters. The molecule has 1 N–H and O–H groups in total. The van der Waals surface area contributed by atoms with E-state index in [1.807, 2.05) is 74.5 Å². The first-order valence-corrected chi connectivity index (χ1v) is 10.3. The van der Waals surface area contributed by atoms with Crippen molar-refractivity contribution in [1.29, 1.82) is 0 Å². The number of benzene rings is 2. The minimum atomic E-state index is -3.93. The molecule has 0 aliphatic carbocycles. The van der Waals surface area contributed by atoms with Crippen LogP contribution >= 0.6 is 7.66 Å². The molecule has 2 heterocycles. The van der Waals surface area contributed by atoms with Crippen molar-refractivity contribution in [3.63, 3.8) is 0 Å². The molecule has 0 bridgehead atoms. The molecule has 1 spiro atoms. The molecule has 2 aliphatic heterocycles. The van der Waals surface area contributed by atoms with E-state index in [1.54, 1.807) is 7.11 Å². The first-order chi connectivity index (χ1) is 12.0.